The van der Waals surface area contributed by atoms with Crippen LogP contribution in [0.3, 0.4) is 0 Å². The quantitative estimate of drug-likeness (QED) is 0.465. The summed E-state index contributed by atoms with van der Waals surface area (Å²) < 4.78 is 48.7. The summed E-state index contributed by atoms with van der Waals surface area (Å²) in [5.41, 5.74) is 1.73. The Hall–Kier alpha value is -2.45. The monoisotopic (exact) mass is 374 g/mol. The van der Waals surface area contributed by atoms with Gasteiger partial charge in [0.1, 0.15) is 11.5 Å². The fourth-order valence-corrected chi connectivity index (χ4v) is 2.17. The molecule has 0 atom stereocenters. The zero-order valence-corrected chi connectivity index (χ0v) is 13.5. The van der Waals surface area contributed by atoms with E-state index in [1.165, 1.54) is 6.07 Å². The zero-order valence-electron chi connectivity index (χ0n) is 12.8. The predicted molar refractivity (Wildman–Crippen MR) is 85.3 cm³/mol. The molecule has 5 nitrogen and oxygen atoms in total. The van der Waals surface area contributed by atoms with Crippen LogP contribution < -0.4 is 16.0 Å². The first kappa shape index (κ1) is 18.9. The SMILES string of the molecule is NNC(=O)OCCc1ccc(Oc2ccc(Cl)c(C(F)(F)F)c2)cc1. The minimum Gasteiger partial charge on any atom is -0.457 e. The number of nitrogens with one attached hydrogen (secondary N) is 1. The summed E-state index contributed by atoms with van der Waals surface area (Å²) in [6.45, 7) is 0.134. The molecule has 0 saturated carbocycles. The number of hydrogen-bond acceptors (Lipinski definition) is 4. The van der Waals surface area contributed by atoms with Crippen molar-refractivity contribution in [2.24, 2.45) is 5.84 Å². The highest BCUT2D eigenvalue weighted by atomic mass is 35.5. The van der Waals surface area contributed by atoms with Gasteiger partial charge in [-0.25, -0.2) is 10.6 Å². The Morgan fingerprint density at radius 2 is 1.76 bits per heavy atom. The maximum Gasteiger partial charge on any atom is 0.421 e. The molecule has 0 unspecified atom stereocenters. The van der Waals surface area contributed by atoms with Crippen LogP contribution in [-0.4, -0.2) is 12.7 Å². The van der Waals surface area contributed by atoms with Gasteiger partial charge in [-0.1, -0.05) is 23.7 Å². The standard InChI is InChI=1S/C16H14ClF3N2O3/c17-14-6-5-12(9-13(14)16(18,19)20)25-11-3-1-10(2-4-11)7-8-24-15(23)22-21/h1-6,9H,7-8,21H2,(H,22,23). The van der Waals surface area contributed by atoms with Crippen LogP contribution in [0.25, 0.3) is 0 Å². The van der Waals surface area contributed by atoms with Gasteiger partial charge < -0.3 is 9.47 Å². The summed E-state index contributed by atoms with van der Waals surface area (Å²) >= 11 is 5.56. The Bertz CT molecular complexity index is 736. The van der Waals surface area contributed by atoms with E-state index in [2.05, 4.69) is 0 Å². The molecule has 0 aliphatic carbocycles. The van der Waals surface area contributed by atoms with Crippen LogP contribution in [0.4, 0.5) is 18.0 Å². The van der Waals surface area contributed by atoms with Crippen molar-refractivity contribution in [3.63, 3.8) is 0 Å². The van der Waals surface area contributed by atoms with Gasteiger partial charge in [-0.05, 0) is 35.9 Å². The summed E-state index contributed by atoms with van der Waals surface area (Å²) in [5.74, 6) is 5.25. The van der Waals surface area contributed by atoms with Crippen LogP contribution in [0.15, 0.2) is 42.5 Å². The van der Waals surface area contributed by atoms with Gasteiger partial charge in [-0.2, -0.15) is 13.2 Å². The van der Waals surface area contributed by atoms with Crippen molar-refractivity contribution in [3.05, 3.63) is 58.6 Å². The van der Waals surface area contributed by atoms with Crippen molar-refractivity contribution in [1.82, 2.24) is 5.43 Å². The molecule has 0 aromatic heterocycles. The number of hydrazine groups is 1. The average molecular weight is 375 g/mol. The van der Waals surface area contributed by atoms with Gasteiger partial charge in [-0.3, -0.25) is 5.43 Å². The second-order valence-corrected chi connectivity index (χ2v) is 5.32. The molecule has 9 heteroatoms. The van der Waals surface area contributed by atoms with Crippen LogP contribution in [0.5, 0.6) is 11.5 Å². The van der Waals surface area contributed by atoms with Gasteiger partial charge in [0.2, 0.25) is 0 Å². The number of rotatable bonds is 5. The number of nitrogens with two attached hydrogens (primary N) is 1. The molecular weight excluding hydrogens is 361 g/mol. The first-order chi connectivity index (χ1) is 11.8. The number of amides is 1. The Balaban J connectivity index is 2.00. The van der Waals surface area contributed by atoms with Gasteiger partial charge in [-0.15, -0.1) is 0 Å². The molecule has 0 radical (unpaired) electrons. The molecule has 0 heterocycles. The van der Waals surface area contributed by atoms with Crippen molar-refractivity contribution >= 4 is 17.7 Å². The number of alkyl halides is 3. The van der Waals surface area contributed by atoms with Crippen molar-refractivity contribution in [1.29, 1.82) is 0 Å². The largest absolute Gasteiger partial charge is 0.457 e. The second-order valence-electron chi connectivity index (χ2n) is 4.92. The van der Waals surface area contributed by atoms with Gasteiger partial charge >= 0.3 is 12.3 Å². The van der Waals surface area contributed by atoms with E-state index in [0.29, 0.717) is 12.2 Å². The molecule has 25 heavy (non-hydrogen) atoms. The highest BCUT2D eigenvalue weighted by Crippen LogP contribution is 2.37. The molecule has 3 N–H and O–H groups in total. The predicted octanol–water partition coefficient (Wildman–Crippen LogP) is 4.29. The van der Waals surface area contributed by atoms with Crippen molar-refractivity contribution in [2.75, 3.05) is 6.61 Å². The lowest BCUT2D eigenvalue weighted by atomic mass is 10.1. The summed E-state index contributed by atoms with van der Waals surface area (Å²) in [4.78, 5) is 10.8. The number of benzene rings is 2. The minimum absolute atomic E-state index is 0.0208. The average Bonchev–Trinajstić information content (AvgIpc) is 2.57. The Morgan fingerprint density at radius 3 is 2.36 bits per heavy atom. The number of carbonyl (C=O) groups is 1. The van der Waals surface area contributed by atoms with Gasteiger partial charge in [0.15, 0.2) is 0 Å². The van der Waals surface area contributed by atoms with Crippen molar-refractivity contribution < 1.29 is 27.4 Å². The fraction of sp³-hybridized carbons (Fsp3) is 0.188. The number of carbonyl (C=O) groups excluding carboxylic acids is 1. The Morgan fingerprint density at radius 1 is 1.12 bits per heavy atom. The summed E-state index contributed by atoms with van der Waals surface area (Å²) in [5, 5.41) is -0.392. The van der Waals surface area contributed by atoms with Crippen molar-refractivity contribution in [2.45, 2.75) is 12.6 Å². The van der Waals surface area contributed by atoms with Gasteiger partial charge in [0.25, 0.3) is 0 Å². The van der Waals surface area contributed by atoms with Crippen LogP contribution >= 0.6 is 11.6 Å². The summed E-state index contributed by atoms with van der Waals surface area (Å²) in [6, 6.07) is 9.94. The lowest BCUT2D eigenvalue weighted by Crippen LogP contribution is -2.31. The molecule has 2 aromatic carbocycles. The van der Waals surface area contributed by atoms with E-state index >= 15 is 0 Å². The molecule has 0 aliphatic heterocycles. The second kappa shape index (κ2) is 8.09. The van der Waals surface area contributed by atoms with E-state index in [0.717, 1.165) is 17.7 Å². The molecule has 0 bridgehead atoms. The first-order valence-corrected chi connectivity index (χ1v) is 7.44. The lowest BCUT2D eigenvalue weighted by Gasteiger charge is -2.12. The minimum atomic E-state index is -4.56. The molecule has 2 aromatic rings. The molecule has 0 fully saturated rings. The third-order valence-corrected chi connectivity index (χ3v) is 3.47. The fourth-order valence-electron chi connectivity index (χ4n) is 1.95. The van der Waals surface area contributed by atoms with Gasteiger partial charge in [0, 0.05) is 6.42 Å². The summed E-state index contributed by atoms with van der Waals surface area (Å²) in [6.07, 6.45) is -4.84. The molecule has 0 aliphatic rings. The van der Waals surface area contributed by atoms with Crippen LogP contribution in [-0.2, 0) is 17.3 Å². The maximum atomic E-state index is 12.8. The molecule has 2 rings (SSSR count). The van der Waals surface area contributed by atoms with E-state index < -0.39 is 22.9 Å². The number of ether oxygens (including phenoxy) is 2. The highest BCUT2D eigenvalue weighted by molar-refractivity contribution is 6.31. The Kier molecular flexibility index (Phi) is 6.11. The molecule has 1 amide bonds. The lowest BCUT2D eigenvalue weighted by molar-refractivity contribution is -0.137. The van der Waals surface area contributed by atoms with Crippen molar-refractivity contribution in [3.8, 4) is 11.5 Å². The molecule has 0 spiro atoms. The molecule has 134 valence electrons. The van der Waals surface area contributed by atoms with Crippen LogP contribution in [0.2, 0.25) is 5.02 Å². The van der Waals surface area contributed by atoms with Gasteiger partial charge in [0.05, 0.1) is 17.2 Å². The number of hydrogen-bond donors (Lipinski definition) is 2. The highest BCUT2D eigenvalue weighted by Gasteiger charge is 2.33. The molecular formula is C16H14ClF3N2O3. The zero-order chi connectivity index (χ0) is 18.4. The number of halogens is 4. The maximum absolute atomic E-state index is 12.8. The first-order valence-electron chi connectivity index (χ1n) is 7.06. The van der Waals surface area contributed by atoms with E-state index in [4.69, 9.17) is 26.9 Å². The van der Waals surface area contributed by atoms with Crippen LogP contribution in [0, 0.1) is 0 Å². The molecule has 0 saturated heterocycles. The summed E-state index contributed by atoms with van der Waals surface area (Å²) in [7, 11) is 0. The van der Waals surface area contributed by atoms with E-state index in [-0.39, 0.29) is 12.4 Å². The van der Waals surface area contributed by atoms with Crippen LogP contribution in [0.1, 0.15) is 11.1 Å². The smallest absolute Gasteiger partial charge is 0.421 e. The van der Waals surface area contributed by atoms with E-state index in [1.54, 1.807) is 24.3 Å². The van der Waals surface area contributed by atoms with E-state index in [1.807, 2.05) is 5.43 Å². The topological polar surface area (TPSA) is 73.6 Å². The third-order valence-electron chi connectivity index (χ3n) is 3.14. The normalized spacial score (nSPS) is 11.1. The Labute approximate surface area is 146 Å². The third kappa shape index (κ3) is 5.54. The van der Waals surface area contributed by atoms with E-state index in [9.17, 15) is 18.0 Å².